The molecule has 6 aliphatic rings. The number of pyridine rings is 4. The number of hydrogen-bond acceptors (Lipinski definition) is 0. The first-order valence-corrected chi connectivity index (χ1v) is 65.4. The molecule has 0 bridgehead atoms. The molecule has 4 nitrogen and oxygen atoms in total. The van der Waals surface area contributed by atoms with Gasteiger partial charge in [0.1, 0.15) is 29.6 Å². The number of fused-ring (bicyclic) bond motifs is 4. The Kier molecular flexibility index (Phi) is 29.5. The van der Waals surface area contributed by atoms with Crippen LogP contribution in [0.2, 0.25) is 101 Å². The molecule has 0 radical (unpaired) electrons. The predicted octanol–water partition coefficient (Wildman–Crippen LogP) is 34.3. The van der Waals surface area contributed by atoms with Crippen molar-refractivity contribution < 1.29 is 19.6 Å². The minimum atomic E-state index is -0.970. The summed E-state index contributed by atoms with van der Waals surface area (Å²) in [5.41, 5.74) is 36.9. The quantitative estimate of drug-likeness (QED) is 0.0958. The van der Waals surface area contributed by atoms with Crippen LogP contribution in [0.25, 0.3) is 88.1 Å². The molecule has 702 valence electrons. The highest BCUT2D eigenvalue weighted by Gasteiger charge is 2.38. The first-order valence-electron chi connectivity index (χ1n) is 52.3. The van der Waals surface area contributed by atoms with Gasteiger partial charge in [0.2, 0.25) is 22.8 Å². The molecule has 4 saturated heterocycles. The van der Waals surface area contributed by atoms with Crippen LogP contribution in [0.5, 0.6) is 0 Å². The third-order valence-electron chi connectivity index (χ3n) is 34.2. The van der Waals surface area contributed by atoms with E-state index in [-0.39, 0.29) is 23.7 Å². The molecule has 2 saturated carbocycles. The van der Waals surface area contributed by atoms with Crippen LogP contribution < -0.4 is 18.3 Å². The smallest absolute Gasteiger partial charge is 0.200 e. The number of nitrogens with zero attached hydrogens (tertiary/aromatic N) is 4. The summed E-state index contributed by atoms with van der Waals surface area (Å²) < 4.78 is 18.2. The van der Waals surface area contributed by atoms with Crippen molar-refractivity contribution in [3.63, 3.8) is 0 Å². The summed E-state index contributed by atoms with van der Waals surface area (Å²) in [6.07, 6.45) is 22.5. The van der Waals surface area contributed by atoms with Crippen molar-refractivity contribution >= 4 is 75.4 Å². The molecule has 0 unspecified atom stereocenters. The van der Waals surface area contributed by atoms with Gasteiger partial charge in [-0.05, 0) is 324 Å². The van der Waals surface area contributed by atoms with E-state index in [1.807, 2.05) is 0 Å². The Labute approximate surface area is 808 Å². The Bertz CT molecular complexity index is 6300. The van der Waals surface area contributed by atoms with E-state index in [0.717, 1.165) is 29.6 Å². The van der Waals surface area contributed by atoms with Gasteiger partial charge in [0.25, 0.3) is 0 Å². The Morgan fingerprint density at radius 1 is 0.273 bits per heavy atom. The number of rotatable bonds is 10. The molecule has 0 spiro atoms. The summed E-state index contributed by atoms with van der Waals surface area (Å²) in [6.45, 7) is 61.8. The molecule has 0 N–H and O–H groups in total. The van der Waals surface area contributed by atoms with E-state index in [0.29, 0.717) is 12.1 Å². The number of aryl methyl sites for hydroxylation is 6. The second-order valence-electron chi connectivity index (χ2n) is 49.4. The molecular formula is C124H174N4Si4+4. The van der Waals surface area contributed by atoms with Crippen LogP contribution in [0.15, 0.2) is 158 Å². The molecule has 12 aromatic rings. The van der Waals surface area contributed by atoms with Crippen molar-refractivity contribution in [2.24, 2.45) is 28.2 Å². The molecular weight excluding hydrogens is 1660 g/mol. The molecule has 0 atom stereocenters. The lowest BCUT2D eigenvalue weighted by atomic mass is 9.76. The minimum Gasteiger partial charge on any atom is -0.200 e. The zero-order valence-electron chi connectivity index (χ0n) is 88.7. The molecule has 8 heterocycles. The Balaban J connectivity index is 0.000000142. The van der Waals surface area contributed by atoms with Crippen molar-refractivity contribution in [1.82, 2.24) is 0 Å². The van der Waals surface area contributed by atoms with Gasteiger partial charge in [-0.2, -0.15) is 13.7 Å². The highest BCUT2D eigenvalue weighted by Crippen LogP contribution is 2.49. The lowest BCUT2D eigenvalue weighted by Crippen LogP contribution is -2.35. The molecule has 6 fully saturated rings. The van der Waals surface area contributed by atoms with Gasteiger partial charge >= 0.3 is 0 Å². The van der Waals surface area contributed by atoms with E-state index in [1.165, 1.54) is 312 Å². The van der Waals surface area contributed by atoms with E-state index in [2.05, 4.69) is 375 Å². The third kappa shape index (κ3) is 21.9. The Morgan fingerprint density at radius 3 is 0.924 bits per heavy atom. The van der Waals surface area contributed by atoms with Gasteiger partial charge < -0.3 is 0 Å². The van der Waals surface area contributed by atoms with Crippen LogP contribution >= 0.6 is 0 Å². The Hall–Kier alpha value is -7.73. The average Bonchev–Trinajstić information content (AvgIpc) is 0.854. The SMILES string of the molecule is C.Cc1cc(C(C)(C)C)cc(-c2c3ccc(C4CC[Si](C)(C)CC4)cc3cc(C)[n+]2C)c1C.Cc1cc(C2CCCC2)cc(-c2c3ccc(C4CC[Si](C)(C)CC4)cc3cc(C)[n+]2C)c1C.Cc1ccc(C2CCCC2)cc1-c1c2ccc(C3CC[Si](C)(C)CC3)cc2cc(C)[n+]1C.[2H]c1cc2cc(C3CC[Si](C)(C)CC3)ccc2c(-c2cc(C(C)(C)C)cc(C(C)(C)C)c2C)[n+]1C. The highest BCUT2D eigenvalue weighted by molar-refractivity contribution is 6.78. The first kappa shape index (κ1) is 98.8. The summed E-state index contributed by atoms with van der Waals surface area (Å²) in [5, 5.41) is 10.9. The van der Waals surface area contributed by atoms with Crippen LogP contribution in [0.1, 0.15) is 310 Å². The average molecular weight is 1830 g/mol. The second kappa shape index (κ2) is 39.4. The van der Waals surface area contributed by atoms with Crippen LogP contribution in [0.4, 0.5) is 0 Å². The van der Waals surface area contributed by atoms with Crippen LogP contribution in [0.3, 0.4) is 0 Å². The van der Waals surface area contributed by atoms with E-state index in [9.17, 15) is 0 Å². The van der Waals surface area contributed by atoms with Gasteiger partial charge in [0.15, 0.2) is 23.3 Å². The molecule has 8 heteroatoms. The van der Waals surface area contributed by atoms with Crippen molar-refractivity contribution in [1.29, 1.82) is 0 Å². The van der Waals surface area contributed by atoms with Gasteiger partial charge in [-0.25, -0.2) is 4.57 Å². The topological polar surface area (TPSA) is 15.5 Å². The maximum atomic E-state index is 8.85. The van der Waals surface area contributed by atoms with Crippen molar-refractivity contribution in [3.8, 4) is 45.0 Å². The number of benzene rings is 8. The monoisotopic (exact) mass is 1830 g/mol. The normalized spacial score (nSPS) is 18.4. The standard InChI is InChI=1S/C32H46NSi.C31H42NSi.C30H40NSi.C30H42NSi.CH4/c1-22-28(20-26(31(2,3)4)21-29(22)32(5,6)7)30-27-12-11-24(19-25(27)13-16-33(30)8)23-14-17-34(9,10)18-15-23;1-21-17-27(24-9-7-8-10-24)20-30(23(21)3)31-29-12-11-26(19-28(29)18-22(2)32(31)4)25-13-15-33(5,6)16-14-25;1-21-10-11-26(23-8-6-7-9-23)20-29(21)30-28-13-12-25(19-27(28)18-22(2)31(30)3)24-14-16-32(4,5)17-15-24;1-20-16-26(30(4,5)6)19-28(22(20)3)29-27-11-10-24(18-25(27)17-21(2)31(29)7)23-12-14-32(8,9)15-13-23;/h11-13,16,19-21,23H,14-15,17-18H2,1-10H3;11-12,17-20,24-25H,7-10,13-16H2,1-6H3;10-13,18-20,23-24H,6-9,14-17H2,1-5H3;10-11,16-19,23H,12-15H2,1-9H3;1H4/q4*+1;/i16D;;;;. The zero-order valence-corrected chi connectivity index (χ0v) is 91.7. The second-order valence-corrected chi connectivity index (χ2v) is 70.7. The van der Waals surface area contributed by atoms with Gasteiger partial charge in [-0.3, -0.25) is 0 Å². The van der Waals surface area contributed by atoms with Gasteiger partial charge in [0.05, 0.1) is 38.2 Å². The molecule has 4 aliphatic heterocycles. The maximum Gasteiger partial charge on any atom is 0.220 e. The number of aromatic nitrogens is 4. The Morgan fingerprint density at radius 2 is 0.561 bits per heavy atom. The van der Waals surface area contributed by atoms with Gasteiger partial charge in [-0.15, -0.1) is 0 Å². The zero-order chi connectivity index (χ0) is 95.1. The predicted molar refractivity (Wildman–Crippen MR) is 586 cm³/mol. The molecule has 132 heavy (non-hydrogen) atoms. The van der Waals surface area contributed by atoms with E-state index >= 15 is 0 Å². The first-order chi connectivity index (χ1) is 62.0. The molecule has 0 amide bonds. The van der Waals surface area contributed by atoms with Crippen LogP contribution in [-0.2, 0) is 44.4 Å². The summed E-state index contributed by atoms with van der Waals surface area (Å²) in [7, 11) is 5.05. The molecule has 18 rings (SSSR count). The summed E-state index contributed by atoms with van der Waals surface area (Å²) >= 11 is 0. The van der Waals surface area contributed by atoms with Crippen LogP contribution in [0, 0.1) is 62.3 Å². The number of hydrogen-bond donors (Lipinski definition) is 0. The summed E-state index contributed by atoms with van der Waals surface area (Å²) in [4.78, 5) is 0. The minimum absolute atomic E-state index is 0. The fourth-order valence-electron chi connectivity index (χ4n) is 24.1. The van der Waals surface area contributed by atoms with E-state index in [4.69, 9.17) is 1.37 Å². The van der Waals surface area contributed by atoms with Crippen molar-refractivity contribution in [2.75, 3.05) is 0 Å². The van der Waals surface area contributed by atoms with Gasteiger partial charge in [-0.1, -0.05) is 275 Å². The maximum absolute atomic E-state index is 8.85. The molecule has 2 aliphatic carbocycles. The lowest BCUT2D eigenvalue weighted by Gasteiger charge is -2.33. The third-order valence-corrected chi connectivity index (χ3v) is 47.4. The van der Waals surface area contributed by atoms with Crippen molar-refractivity contribution in [2.45, 2.75) is 387 Å². The molecule has 4 aromatic heterocycles. The van der Waals surface area contributed by atoms with Gasteiger partial charge in [0, 0.05) is 82.9 Å². The van der Waals surface area contributed by atoms with E-state index in [1.54, 1.807) is 27.8 Å². The van der Waals surface area contributed by atoms with Crippen LogP contribution in [-0.4, -0.2) is 32.3 Å². The van der Waals surface area contributed by atoms with E-state index < -0.39 is 32.3 Å². The summed E-state index contributed by atoms with van der Waals surface area (Å²) in [6, 6.07) is 72.2. The van der Waals surface area contributed by atoms with Crippen molar-refractivity contribution in [3.05, 3.63) is 258 Å². The highest BCUT2D eigenvalue weighted by atomic mass is 28.3. The lowest BCUT2D eigenvalue weighted by molar-refractivity contribution is -0.665. The fraction of sp³-hybridized carbons (Fsp3) is 0.516. The molecule has 8 aromatic carbocycles. The summed E-state index contributed by atoms with van der Waals surface area (Å²) in [5.74, 6) is 4.42. The largest absolute Gasteiger partial charge is 0.220 e. The fourth-order valence-corrected chi connectivity index (χ4v) is 34.1.